The highest BCUT2D eigenvalue weighted by molar-refractivity contribution is 9.10. The van der Waals surface area contributed by atoms with E-state index < -0.39 is 0 Å². The van der Waals surface area contributed by atoms with Crippen LogP contribution in [0.25, 0.3) is 0 Å². The second-order valence-electron chi connectivity index (χ2n) is 6.71. The van der Waals surface area contributed by atoms with Crippen molar-refractivity contribution in [2.75, 3.05) is 31.1 Å². The molecule has 1 saturated carbocycles. The minimum atomic E-state index is -0.113. The van der Waals surface area contributed by atoms with Gasteiger partial charge in [0.15, 0.2) is 5.82 Å². The van der Waals surface area contributed by atoms with E-state index in [9.17, 15) is 4.79 Å². The Kier molecular flexibility index (Phi) is 4.60. The van der Waals surface area contributed by atoms with Gasteiger partial charge in [-0.25, -0.2) is 4.68 Å². The molecule has 2 aromatic heterocycles. The van der Waals surface area contributed by atoms with Gasteiger partial charge in [-0.3, -0.25) is 9.69 Å². The Hall–Kier alpha value is -1.74. The molecule has 0 amide bonds. The van der Waals surface area contributed by atoms with Crippen LogP contribution >= 0.6 is 15.9 Å². The van der Waals surface area contributed by atoms with Crippen molar-refractivity contribution in [2.24, 2.45) is 7.05 Å². The van der Waals surface area contributed by atoms with E-state index in [4.69, 9.17) is 4.52 Å². The third kappa shape index (κ3) is 3.62. The fourth-order valence-electron chi connectivity index (χ4n) is 3.12. The summed E-state index contributed by atoms with van der Waals surface area (Å²) in [4.78, 5) is 21.1. The van der Waals surface area contributed by atoms with E-state index in [1.54, 1.807) is 13.2 Å². The molecule has 0 aromatic carbocycles. The van der Waals surface area contributed by atoms with Gasteiger partial charge in [0.1, 0.15) is 4.47 Å². The third-order valence-electron chi connectivity index (χ3n) is 4.76. The lowest BCUT2D eigenvalue weighted by atomic mass is 10.3. The summed E-state index contributed by atoms with van der Waals surface area (Å²) in [5, 5.41) is 8.26. The number of aryl methyl sites for hydroxylation is 1. The Morgan fingerprint density at radius 3 is 2.92 bits per heavy atom. The fourth-order valence-corrected chi connectivity index (χ4v) is 3.73. The van der Waals surface area contributed by atoms with Crippen LogP contribution < -0.4 is 10.5 Å². The Morgan fingerprint density at radius 2 is 2.12 bits per heavy atom. The van der Waals surface area contributed by atoms with Gasteiger partial charge in [0.25, 0.3) is 5.56 Å². The topological polar surface area (TPSA) is 80.3 Å². The summed E-state index contributed by atoms with van der Waals surface area (Å²) in [5.74, 6) is 2.06. The molecule has 1 saturated heterocycles. The van der Waals surface area contributed by atoms with Gasteiger partial charge in [0.2, 0.25) is 5.89 Å². The summed E-state index contributed by atoms with van der Waals surface area (Å²) in [6.07, 6.45) is 5.09. The van der Waals surface area contributed by atoms with Gasteiger partial charge in [-0.15, -0.1) is 0 Å². The molecular weight excluding hydrogens is 388 g/mol. The van der Waals surface area contributed by atoms with E-state index in [2.05, 4.69) is 41.0 Å². The van der Waals surface area contributed by atoms with Gasteiger partial charge in [0, 0.05) is 39.1 Å². The smallest absolute Gasteiger partial charge is 0.282 e. The lowest BCUT2D eigenvalue weighted by Gasteiger charge is -2.23. The molecule has 1 aliphatic carbocycles. The van der Waals surface area contributed by atoms with Gasteiger partial charge in [-0.2, -0.15) is 10.1 Å². The number of hydrogen-bond donors (Lipinski definition) is 0. The normalized spacial score (nSPS) is 19.2. The van der Waals surface area contributed by atoms with Gasteiger partial charge >= 0.3 is 0 Å². The highest BCUT2D eigenvalue weighted by Gasteiger charge is 2.30. The highest BCUT2D eigenvalue weighted by Crippen LogP contribution is 2.38. The highest BCUT2D eigenvalue weighted by atomic mass is 79.9. The Bertz CT molecular complexity index is 815. The minimum Gasteiger partial charge on any atom is -0.368 e. The second kappa shape index (κ2) is 6.87. The Balaban J connectivity index is 1.41. The molecule has 1 aliphatic heterocycles. The van der Waals surface area contributed by atoms with Crippen LogP contribution in [0.2, 0.25) is 0 Å². The van der Waals surface area contributed by atoms with Gasteiger partial charge < -0.3 is 9.42 Å². The zero-order chi connectivity index (χ0) is 17.4. The number of anilines is 1. The quantitative estimate of drug-likeness (QED) is 0.758. The number of rotatable bonds is 4. The fraction of sp³-hybridized carbons (Fsp3) is 0.625. The maximum atomic E-state index is 12.1. The van der Waals surface area contributed by atoms with Crippen LogP contribution in [0.1, 0.15) is 36.9 Å². The minimum absolute atomic E-state index is 0.113. The first-order chi connectivity index (χ1) is 12.1. The average Bonchev–Trinajstić information content (AvgIpc) is 3.39. The molecule has 0 radical (unpaired) electrons. The summed E-state index contributed by atoms with van der Waals surface area (Å²) in [7, 11) is 1.65. The molecule has 8 nitrogen and oxygen atoms in total. The zero-order valence-corrected chi connectivity index (χ0v) is 15.8. The number of aromatic nitrogens is 4. The van der Waals surface area contributed by atoms with Crippen LogP contribution in [0.4, 0.5) is 5.69 Å². The van der Waals surface area contributed by atoms with E-state index in [-0.39, 0.29) is 5.56 Å². The van der Waals surface area contributed by atoms with Crippen molar-refractivity contribution in [2.45, 2.75) is 31.7 Å². The van der Waals surface area contributed by atoms with Crippen LogP contribution in [0.5, 0.6) is 0 Å². The van der Waals surface area contributed by atoms with Crippen molar-refractivity contribution in [3.8, 4) is 0 Å². The first kappa shape index (κ1) is 16.7. The molecule has 2 aromatic rings. The van der Waals surface area contributed by atoms with E-state index in [1.165, 1.54) is 17.5 Å². The lowest BCUT2D eigenvalue weighted by Crippen LogP contribution is -2.32. The molecular formula is C16H21BrN6O2. The number of hydrogen-bond acceptors (Lipinski definition) is 7. The summed E-state index contributed by atoms with van der Waals surface area (Å²) in [5.41, 5.74) is 0.749. The van der Waals surface area contributed by atoms with Crippen molar-refractivity contribution in [1.82, 2.24) is 24.8 Å². The first-order valence-corrected chi connectivity index (χ1v) is 9.42. The molecule has 134 valence electrons. The first-order valence-electron chi connectivity index (χ1n) is 8.63. The van der Waals surface area contributed by atoms with Gasteiger partial charge in [0.05, 0.1) is 18.4 Å². The second-order valence-corrected chi connectivity index (χ2v) is 7.51. The van der Waals surface area contributed by atoms with Crippen molar-refractivity contribution < 1.29 is 4.52 Å². The molecule has 0 spiro atoms. The van der Waals surface area contributed by atoms with Crippen LogP contribution in [0.15, 0.2) is 20.0 Å². The number of nitrogens with zero attached hydrogens (tertiary/aromatic N) is 6. The summed E-state index contributed by atoms with van der Waals surface area (Å²) < 4.78 is 7.26. The van der Waals surface area contributed by atoms with Crippen LogP contribution in [-0.2, 0) is 13.6 Å². The van der Waals surface area contributed by atoms with E-state index in [1.807, 2.05) is 0 Å². The zero-order valence-electron chi connectivity index (χ0n) is 14.2. The maximum absolute atomic E-state index is 12.1. The van der Waals surface area contributed by atoms with Crippen molar-refractivity contribution >= 4 is 21.6 Å². The van der Waals surface area contributed by atoms with Crippen molar-refractivity contribution in [3.63, 3.8) is 0 Å². The predicted octanol–water partition coefficient (Wildman–Crippen LogP) is 1.52. The van der Waals surface area contributed by atoms with E-state index in [0.29, 0.717) is 16.9 Å². The molecule has 25 heavy (non-hydrogen) atoms. The monoisotopic (exact) mass is 408 g/mol. The van der Waals surface area contributed by atoms with Crippen molar-refractivity contribution in [1.29, 1.82) is 0 Å². The molecule has 3 heterocycles. The molecule has 2 aliphatic rings. The molecule has 2 fully saturated rings. The van der Waals surface area contributed by atoms with E-state index >= 15 is 0 Å². The lowest BCUT2D eigenvalue weighted by molar-refractivity contribution is 0.271. The maximum Gasteiger partial charge on any atom is 0.282 e. The predicted molar refractivity (Wildman–Crippen MR) is 95.6 cm³/mol. The molecule has 0 atom stereocenters. The van der Waals surface area contributed by atoms with Crippen LogP contribution in [-0.4, -0.2) is 51.0 Å². The number of halogens is 1. The third-order valence-corrected chi connectivity index (χ3v) is 5.51. The standard InChI is InChI=1S/C16H21BrN6O2/c1-21-16(24)14(17)12(9-18-21)23-6-2-5-22(7-8-23)10-13-19-15(25-20-13)11-3-4-11/h9,11H,2-8,10H2,1H3. The molecule has 0 N–H and O–H groups in total. The Labute approximate surface area is 153 Å². The largest absolute Gasteiger partial charge is 0.368 e. The SMILES string of the molecule is Cn1ncc(N2CCCN(Cc3noc(C4CC4)n3)CC2)c(Br)c1=O. The van der Waals surface area contributed by atoms with Gasteiger partial charge in [-0.1, -0.05) is 5.16 Å². The van der Waals surface area contributed by atoms with Gasteiger partial charge in [-0.05, 0) is 35.2 Å². The average molecular weight is 409 g/mol. The van der Waals surface area contributed by atoms with Crippen LogP contribution in [0, 0.1) is 0 Å². The molecule has 9 heteroatoms. The van der Waals surface area contributed by atoms with Crippen LogP contribution in [0.3, 0.4) is 0 Å². The summed E-state index contributed by atoms with van der Waals surface area (Å²) in [6, 6.07) is 0. The van der Waals surface area contributed by atoms with E-state index in [0.717, 1.165) is 50.0 Å². The molecule has 0 bridgehead atoms. The Morgan fingerprint density at radius 1 is 1.28 bits per heavy atom. The molecule has 0 unspecified atom stereocenters. The summed E-state index contributed by atoms with van der Waals surface area (Å²) >= 11 is 3.42. The molecule has 4 rings (SSSR count). The summed E-state index contributed by atoms with van der Waals surface area (Å²) in [6.45, 7) is 4.29. The van der Waals surface area contributed by atoms with Crippen molar-refractivity contribution in [3.05, 3.63) is 32.7 Å².